The van der Waals surface area contributed by atoms with E-state index in [4.69, 9.17) is 5.84 Å². The molecular weight excluding hydrogens is 266 g/mol. The first kappa shape index (κ1) is 14.3. The van der Waals surface area contributed by atoms with Gasteiger partial charge in [0.05, 0.1) is 11.8 Å². The maximum atomic E-state index is 12.3. The van der Waals surface area contributed by atoms with Gasteiger partial charge in [0.2, 0.25) is 10.0 Å². The number of aliphatic hydroxyl groups excluding tert-OH is 1. The van der Waals surface area contributed by atoms with E-state index < -0.39 is 10.0 Å². The van der Waals surface area contributed by atoms with Crippen molar-refractivity contribution in [3.8, 4) is 0 Å². The van der Waals surface area contributed by atoms with Crippen LogP contribution in [0.4, 0.5) is 5.69 Å². The Labute approximate surface area is 113 Å². The Kier molecular flexibility index (Phi) is 4.41. The summed E-state index contributed by atoms with van der Waals surface area (Å²) in [6.07, 6.45) is 2.25. The predicted octanol–water partition coefficient (Wildman–Crippen LogP) is 0.554. The van der Waals surface area contributed by atoms with E-state index in [9.17, 15) is 13.5 Å². The van der Waals surface area contributed by atoms with Crippen LogP contribution in [0.1, 0.15) is 25.7 Å². The molecule has 0 radical (unpaired) electrons. The third-order valence-corrected chi connectivity index (χ3v) is 4.93. The van der Waals surface area contributed by atoms with Crippen molar-refractivity contribution >= 4 is 15.7 Å². The molecule has 0 bridgehead atoms. The molecule has 1 aromatic rings. The Hall–Kier alpha value is -1.15. The Morgan fingerprint density at radius 1 is 1.16 bits per heavy atom. The van der Waals surface area contributed by atoms with Crippen LogP contribution in [0.5, 0.6) is 0 Å². The molecule has 2 rings (SSSR count). The summed E-state index contributed by atoms with van der Waals surface area (Å²) in [6, 6.07) is 6.36. The lowest BCUT2D eigenvalue weighted by Gasteiger charge is -2.26. The highest BCUT2D eigenvalue weighted by Gasteiger charge is 2.26. The van der Waals surface area contributed by atoms with Gasteiger partial charge in [-0.15, -0.1) is 0 Å². The van der Waals surface area contributed by atoms with E-state index in [1.165, 1.54) is 6.07 Å². The third kappa shape index (κ3) is 3.44. The van der Waals surface area contributed by atoms with Gasteiger partial charge in [0.25, 0.3) is 0 Å². The number of benzene rings is 1. The van der Waals surface area contributed by atoms with Crippen LogP contribution in [-0.2, 0) is 10.0 Å². The van der Waals surface area contributed by atoms with Crippen LogP contribution in [-0.4, -0.2) is 25.7 Å². The van der Waals surface area contributed by atoms with Gasteiger partial charge in [0, 0.05) is 6.04 Å². The fourth-order valence-corrected chi connectivity index (χ4v) is 3.77. The van der Waals surface area contributed by atoms with Crippen molar-refractivity contribution in [2.24, 2.45) is 5.84 Å². The predicted molar refractivity (Wildman–Crippen MR) is 72.8 cm³/mol. The average Bonchev–Trinajstić information content (AvgIpc) is 2.41. The summed E-state index contributed by atoms with van der Waals surface area (Å²) < 4.78 is 27.3. The standard InChI is InChI=1S/C12H19N3O3S/c13-14-11-3-1-2-4-12(11)19(17,18)15-9-5-7-10(16)8-6-9/h1-4,9-10,14-16H,5-8,13H2. The van der Waals surface area contributed by atoms with Gasteiger partial charge in [0.15, 0.2) is 0 Å². The number of para-hydroxylation sites is 1. The first-order chi connectivity index (χ1) is 9.03. The largest absolute Gasteiger partial charge is 0.393 e. The highest BCUT2D eigenvalue weighted by atomic mass is 32.2. The molecule has 0 aliphatic heterocycles. The maximum absolute atomic E-state index is 12.3. The van der Waals surface area contributed by atoms with Gasteiger partial charge in [-0.1, -0.05) is 12.1 Å². The van der Waals surface area contributed by atoms with E-state index in [-0.39, 0.29) is 17.0 Å². The SMILES string of the molecule is NNc1ccccc1S(=O)(=O)NC1CCC(O)CC1. The molecule has 0 unspecified atom stereocenters. The van der Waals surface area contributed by atoms with Crippen LogP contribution < -0.4 is 16.0 Å². The van der Waals surface area contributed by atoms with Crippen LogP contribution in [0.15, 0.2) is 29.2 Å². The number of rotatable bonds is 4. The second-order valence-corrected chi connectivity index (χ2v) is 6.45. The van der Waals surface area contributed by atoms with Gasteiger partial charge in [-0.2, -0.15) is 0 Å². The van der Waals surface area contributed by atoms with Crippen LogP contribution in [0.3, 0.4) is 0 Å². The van der Waals surface area contributed by atoms with E-state index in [0.29, 0.717) is 31.4 Å². The molecule has 1 aliphatic carbocycles. The molecule has 0 saturated heterocycles. The van der Waals surface area contributed by atoms with Gasteiger partial charge in [-0.3, -0.25) is 5.84 Å². The number of anilines is 1. The maximum Gasteiger partial charge on any atom is 0.242 e. The lowest BCUT2D eigenvalue weighted by Crippen LogP contribution is -2.38. The summed E-state index contributed by atoms with van der Waals surface area (Å²) >= 11 is 0. The monoisotopic (exact) mass is 285 g/mol. The summed E-state index contributed by atoms with van der Waals surface area (Å²) in [6.45, 7) is 0. The fraction of sp³-hybridized carbons (Fsp3) is 0.500. The molecule has 0 spiro atoms. The number of nitrogens with one attached hydrogen (secondary N) is 2. The number of aliphatic hydroxyl groups is 1. The molecule has 0 heterocycles. The van der Waals surface area contributed by atoms with E-state index in [0.717, 1.165) is 0 Å². The molecule has 1 saturated carbocycles. The second kappa shape index (κ2) is 5.87. The summed E-state index contributed by atoms with van der Waals surface area (Å²) in [5.41, 5.74) is 2.75. The average molecular weight is 285 g/mol. The minimum Gasteiger partial charge on any atom is -0.393 e. The Balaban J connectivity index is 2.14. The van der Waals surface area contributed by atoms with Crippen molar-refractivity contribution in [3.05, 3.63) is 24.3 Å². The van der Waals surface area contributed by atoms with Crippen molar-refractivity contribution in [1.82, 2.24) is 4.72 Å². The first-order valence-electron chi connectivity index (χ1n) is 6.29. The number of nitrogens with two attached hydrogens (primary N) is 1. The van der Waals surface area contributed by atoms with Crippen LogP contribution >= 0.6 is 0 Å². The van der Waals surface area contributed by atoms with E-state index in [1.807, 2.05) is 0 Å². The minimum absolute atomic E-state index is 0.126. The molecule has 1 aliphatic rings. The fourth-order valence-electron chi connectivity index (χ4n) is 2.30. The molecule has 19 heavy (non-hydrogen) atoms. The molecule has 6 nitrogen and oxygen atoms in total. The van der Waals surface area contributed by atoms with E-state index >= 15 is 0 Å². The Morgan fingerprint density at radius 3 is 2.42 bits per heavy atom. The van der Waals surface area contributed by atoms with Crippen molar-refractivity contribution in [1.29, 1.82) is 0 Å². The van der Waals surface area contributed by atoms with Crippen LogP contribution in [0.2, 0.25) is 0 Å². The van der Waals surface area contributed by atoms with Gasteiger partial charge in [-0.25, -0.2) is 13.1 Å². The van der Waals surface area contributed by atoms with Crippen LogP contribution in [0, 0.1) is 0 Å². The van der Waals surface area contributed by atoms with Gasteiger partial charge in [0.1, 0.15) is 4.90 Å². The molecule has 0 amide bonds. The number of nitrogen functional groups attached to an aromatic ring is 1. The van der Waals surface area contributed by atoms with Gasteiger partial charge in [-0.05, 0) is 37.8 Å². The highest BCUT2D eigenvalue weighted by molar-refractivity contribution is 7.89. The summed E-state index contributed by atoms with van der Waals surface area (Å²) in [5, 5.41) is 9.42. The van der Waals surface area contributed by atoms with Crippen molar-refractivity contribution in [2.45, 2.75) is 42.7 Å². The number of sulfonamides is 1. The van der Waals surface area contributed by atoms with Gasteiger partial charge >= 0.3 is 0 Å². The molecule has 106 valence electrons. The lowest BCUT2D eigenvalue weighted by atomic mass is 9.94. The number of hydrazine groups is 1. The molecule has 0 aromatic heterocycles. The van der Waals surface area contributed by atoms with E-state index in [2.05, 4.69) is 10.1 Å². The zero-order valence-corrected chi connectivity index (χ0v) is 11.4. The Bertz CT molecular complexity index is 525. The molecule has 5 N–H and O–H groups in total. The lowest BCUT2D eigenvalue weighted by molar-refractivity contribution is 0.120. The summed E-state index contributed by atoms with van der Waals surface area (Å²) in [5.74, 6) is 5.32. The van der Waals surface area contributed by atoms with Gasteiger partial charge < -0.3 is 10.5 Å². The highest BCUT2D eigenvalue weighted by Crippen LogP contribution is 2.23. The zero-order valence-electron chi connectivity index (χ0n) is 10.5. The normalized spacial score (nSPS) is 24.1. The Morgan fingerprint density at radius 2 is 1.79 bits per heavy atom. The minimum atomic E-state index is -3.59. The zero-order chi connectivity index (χ0) is 13.9. The van der Waals surface area contributed by atoms with Crippen molar-refractivity contribution < 1.29 is 13.5 Å². The second-order valence-electron chi connectivity index (χ2n) is 4.77. The molecular formula is C12H19N3O3S. The van der Waals surface area contributed by atoms with E-state index in [1.54, 1.807) is 18.2 Å². The topological polar surface area (TPSA) is 104 Å². The number of hydrogen-bond acceptors (Lipinski definition) is 5. The third-order valence-electron chi connectivity index (χ3n) is 3.35. The summed E-state index contributed by atoms with van der Waals surface area (Å²) in [4.78, 5) is 0.142. The quantitative estimate of drug-likeness (QED) is 0.478. The number of hydrogen-bond donors (Lipinski definition) is 4. The van der Waals surface area contributed by atoms with Crippen molar-refractivity contribution in [2.75, 3.05) is 5.43 Å². The van der Waals surface area contributed by atoms with Crippen LogP contribution in [0.25, 0.3) is 0 Å². The molecule has 0 atom stereocenters. The summed E-state index contributed by atoms with van der Waals surface area (Å²) in [7, 11) is -3.59. The molecule has 1 fully saturated rings. The smallest absolute Gasteiger partial charge is 0.242 e. The van der Waals surface area contributed by atoms with Crippen molar-refractivity contribution in [3.63, 3.8) is 0 Å². The first-order valence-corrected chi connectivity index (χ1v) is 7.77. The molecule has 1 aromatic carbocycles. The molecule has 7 heteroatoms.